The van der Waals surface area contributed by atoms with E-state index in [0.29, 0.717) is 18.8 Å². The van der Waals surface area contributed by atoms with E-state index in [1.54, 1.807) is 10.9 Å². The van der Waals surface area contributed by atoms with Crippen molar-refractivity contribution < 1.29 is 14.6 Å². The molecule has 0 saturated heterocycles. The molecule has 0 aliphatic carbocycles. The van der Waals surface area contributed by atoms with E-state index in [2.05, 4.69) is 10.4 Å². The van der Waals surface area contributed by atoms with Crippen molar-refractivity contribution >= 4 is 5.91 Å². The number of rotatable bonds is 8. The number of nitrogens with zero attached hydrogens (tertiary/aromatic N) is 2. The van der Waals surface area contributed by atoms with Gasteiger partial charge in [0.25, 0.3) is 5.91 Å². The predicted molar refractivity (Wildman–Crippen MR) is 88.0 cm³/mol. The average Bonchev–Trinajstić information content (AvgIpc) is 3.02. The first kappa shape index (κ1) is 17.0. The van der Waals surface area contributed by atoms with Crippen molar-refractivity contribution in [1.82, 2.24) is 15.1 Å². The maximum atomic E-state index is 12.4. The van der Waals surface area contributed by atoms with E-state index in [0.717, 1.165) is 12.1 Å². The summed E-state index contributed by atoms with van der Waals surface area (Å²) in [5, 5.41) is 16.4. The molecule has 124 valence electrons. The molecule has 0 fully saturated rings. The van der Waals surface area contributed by atoms with E-state index >= 15 is 0 Å². The zero-order valence-corrected chi connectivity index (χ0v) is 13.5. The van der Waals surface area contributed by atoms with E-state index in [1.165, 1.54) is 0 Å². The molecule has 1 unspecified atom stereocenters. The number of aliphatic hydroxyl groups excluding tert-OH is 1. The highest BCUT2D eigenvalue weighted by atomic mass is 16.5. The summed E-state index contributed by atoms with van der Waals surface area (Å²) in [5.41, 5.74) is 1.08. The van der Waals surface area contributed by atoms with Crippen LogP contribution in [0.2, 0.25) is 0 Å². The zero-order chi connectivity index (χ0) is 16.7. The lowest BCUT2D eigenvalue weighted by Gasteiger charge is -2.13. The summed E-state index contributed by atoms with van der Waals surface area (Å²) in [6.07, 6.45) is 3.19. The molecule has 0 spiro atoms. The molecule has 23 heavy (non-hydrogen) atoms. The maximum absolute atomic E-state index is 12.4. The Morgan fingerprint density at radius 3 is 2.70 bits per heavy atom. The van der Waals surface area contributed by atoms with Gasteiger partial charge in [0.2, 0.25) is 0 Å². The molecule has 1 aromatic carbocycles. The van der Waals surface area contributed by atoms with Gasteiger partial charge in [-0.25, -0.2) is 4.68 Å². The summed E-state index contributed by atoms with van der Waals surface area (Å²) in [6, 6.07) is 9.25. The van der Waals surface area contributed by atoms with Gasteiger partial charge in [-0.05, 0) is 25.0 Å². The summed E-state index contributed by atoms with van der Waals surface area (Å²) >= 11 is 0. The van der Waals surface area contributed by atoms with Crippen LogP contribution in [0.1, 0.15) is 37.2 Å². The number of carbonyl (C=O) groups excluding carboxylic acids is 1. The number of carbonyl (C=O) groups is 1. The highest BCUT2D eigenvalue weighted by Crippen LogP contribution is 2.20. The number of para-hydroxylation sites is 1. The van der Waals surface area contributed by atoms with Gasteiger partial charge in [0.15, 0.2) is 11.4 Å². The molecule has 1 atom stereocenters. The number of ether oxygens (including phenoxy) is 1. The topological polar surface area (TPSA) is 76.4 Å². The first-order chi connectivity index (χ1) is 11.2. The molecule has 2 rings (SSSR count). The molecule has 0 aliphatic rings. The number of hydrogen-bond donors (Lipinski definition) is 2. The highest BCUT2D eigenvalue weighted by Gasteiger charge is 2.21. The van der Waals surface area contributed by atoms with Crippen LogP contribution in [0.4, 0.5) is 0 Å². The number of aromatic nitrogens is 2. The Bertz CT molecular complexity index is 621. The van der Waals surface area contributed by atoms with Gasteiger partial charge in [0.05, 0.1) is 31.1 Å². The number of nitrogens with one attached hydrogen (secondary N) is 1. The van der Waals surface area contributed by atoms with E-state index in [9.17, 15) is 9.90 Å². The molecule has 2 aromatic rings. The van der Waals surface area contributed by atoms with Crippen LogP contribution < -0.4 is 10.1 Å². The molecule has 1 amide bonds. The Hall–Kier alpha value is -2.34. The highest BCUT2D eigenvalue weighted by molar-refractivity contribution is 5.95. The fraction of sp³-hybridized carbons (Fsp3) is 0.412. The number of aliphatic hydroxyl groups is 1. The van der Waals surface area contributed by atoms with Crippen molar-refractivity contribution in [3.8, 4) is 11.4 Å². The van der Waals surface area contributed by atoms with Crippen LogP contribution in [0.5, 0.6) is 5.75 Å². The minimum absolute atomic E-state index is 0.104. The third-order valence-electron chi connectivity index (χ3n) is 3.43. The monoisotopic (exact) mass is 317 g/mol. The lowest BCUT2D eigenvalue weighted by Crippen LogP contribution is -2.37. The Labute approximate surface area is 136 Å². The quantitative estimate of drug-likeness (QED) is 0.782. The molecule has 2 N–H and O–H groups in total. The Balaban J connectivity index is 2.28. The van der Waals surface area contributed by atoms with Crippen molar-refractivity contribution in [3.05, 3.63) is 42.2 Å². The lowest BCUT2D eigenvalue weighted by molar-refractivity contribution is 0.0905. The molecule has 0 radical (unpaired) electrons. The van der Waals surface area contributed by atoms with Gasteiger partial charge in [-0.2, -0.15) is 5.10 Å². The molecule has 6 nitrogen and oxygen atoms in total. The van der Waals surface area contributed by atoms with Crippen molar-refractivity contribution in [1.29, 1.82) is 0 Å². The average molecular weight is 317 g/mol. The SMILES string of the molecule is CCCOc1cn(-c2ccccc2)nc1C(=O)NC(CC)CO. The minimum Gasteiger partial charge on any atom is -0.489 e. The number of benzene rings is 1. The standard InChI is InChI=1S/C17H23N3O3/c1-3-10-23-15-11-20(14-8-6-5-7-9-14)19-16(15)17(22)18-13(4-2)12-21/h5-9,11,13,21H,3-4,10,12H2,1-2H3,(H,18,22). The zero-order valence-electron chi connectivity index (χ0n) is 13.5. The summed E-state index contributed by atoms with van der Waals surface area (Å²) in [6.45, 7) is 4.31. The second kappa shape index (κ2) is 8.33. The van der Waals surface area contributed by atoms with Crippen molar-refractivity contribution in [3.63, 3.8) is 0 Å². The molecule has 1 heterocycles. The van der Waals surface area contributed by atoms with Crippen LogP contribution in [0.25, 0.3) is 5.69 Å². The van der Waals surface area contributed by atoms with Gasteiger partial charge in [0.1, 0.15) is 0 Å². The van der Waals surface area contributed by atoms with Crippen molar-refractivity contribution in [2.24, 2.45) is 0 Å². The van der Waals surface area contributed by atoms with Crippen LogP contribution in [0.15, 0.2) is 36.5 Å². The third kappa shape index (κ3) is 4.32. The van der Waals surface area contributed by atoms with Gasteiger partial charge >= 0.3 is 0 Å². The van der Waals surface area contributed by atoms with E-state index < -0.39 is 0 Å². The van der Waals surface area contributed by atoms with Crippen LogP contribution in [-0.4, -0.2) is 40.0 Å². The third-order valence-corrected chi connectivity index (χ3v) is 3.43. The Morgan fingerprint density at radius 1 is 1.35 bits per heavy atom. The number of hydrogen-bond acceptors (Lipinski definition) is 4. The predicted octanol–water partition coefficient (Wildman–Crippen LogP) is 2.16. The minimum atomic E-state index is -0.341. The molecule has 0 saturated carbocycles. The number of amides is 1. The Morgan fingerprint density at radius 2 is 2.09 bits per heavy atom. The lowest BCUT2D eigenvalue weighted by atomic mass is 10.2. The second-order valence-corrected chi connectivity index (χ2v) is 5.23. The first-order valence-corrected chi connectivity index (χ1v) is 7.89. The van der Waals surface area contributed by atoms with Crippen molar-refractivity contribution in [2.75, 3.05) is 13.2 Å². The van der Waals surface area contributed by atoms with Gasteiger partial charge in [-0.3, -0.25) is 4.79 Å². The smallest absolute Gasteiger partial charge is 0.275 e. The fourth-order valence-corrected chi connectivity index (χ4v) is 2.08. The molecule has 6 heteroatoms. The van der Waals surface area contributed by atoms with Crippen LogP contribution in [0.3, 0.4) is 0 Å². The summed E-state index contributed by atoms with van der Waals surface area (Å²) in [5.74, 6) is 0.104. The summed E-state index contributed by atoms with van der Waals surface area (Å²) in [4.78, 5) is 12.4. The maximum Gasteiger partial charge on any atom is 0.275 e. The van der Waals surface area contributed by atoms with Crippen LogP contribution in [-0.2, 0) is 0 Å². The second-order valence-electron chi connectivity index (χ2n) is 5.23. The molecule has 0 aliphatic heterocycles. The fourth-order valence-electron chi connectivity index (χ4n) is 2.08. The van der Waals surface area contributed by atoms with E-state index in [-0.39, 0.29) is 24.2 Å². The van der Waals surface area contributed by atoms with Crippen LogP contribution >= 0.6 is 0 Å². The molecular formula is C17H23N3O3. The van der Waals surface area contributed by atoms with Gasteiger partial charge in [0, 0.05) is 0 Å². The first-order valence-electron chi connectivity index (χ1n) is 7.89. The van der Waals surface area contributed by atoms with Gasteiger partial charge in [-0.15, -0.1) is 0 Å². The molecular weight excluding hydrogens is 294 g/mol. The van der Waals surface area contributed by atoms with Gasteiger partial charge in [-0.1, -0.05) is 32.0 Å². The van der Waals surface area contributed by atoms with Crippen LogP contribution in [0, 0.1) is 0 Å². The van der Waals surface area contributed by atoms with E-state index in [1.807, 2.05) is 44.2 Å². The van der Waals surface area contributed by atoms with E-state index in [4.69, 9.17) is 4.74 Å². The molecule has 1 aromatic heterocycles. The Kier molecular flexibility index (Phi) is 6.17. The largest absolute Gasteiger partial charge is 0.489 e. The van der Waals surface area contributed by atoms with Gasteiger partial charge < -0.3 is 15.2 Å². The normalized spacial score (nSPS) is 12.0. The molecule has 0 bridgehead atoms. The summed E-state index contributed by atoms with van der Waals surface area (Å²) < 4.78 is 7.28. The van der Waals surface area contributed by atoms with Crippen molar-refractivity contribution in [2.45, 2.75) is 32.7 Å². The summed E-state index contributed by atoms with van der Waals surface area (Å²) in [7, 11) is 0.